The van der Waals surface area contributed by atoms with E-state index in [2.05, 4.69) is 13.8 Å². The van der Waals surface area contributed by atoms with Crippen molar-refractivity contribution in [1.29, 1.82) is 0 Å². The lowest BCUT2D eigenvalue weighted by molar-refractivity contribution is -0.184. The Morgan fingerprint density at radius 1 is 1.07 bits per heavy atom. The van der Waals surface area contributed by atoms with Crippen LogP contribution in [0.4, 0.5) is 0 Å². The molecular formula is C23H32O5. The monoisotopic (exact) mass is 388 g/mol. The summed E-state index contributed by atoms with van der Waals surface area (Å²) in [7, 11) is 0. The van der Waals surface area contributed by atoms with Crippen molar-refractivity contribution in [1.82, 2.24) is 0 Å². The summed E-state index contributed by atoms with van der Waals surface area (Å²) in [5, 5.41) is 0. The first-order valence-electron chi connectivity index (χ1n) is 10.8. The number of fused-ring (bicyclic) bond motifs is 5. The van der Waals surface area contributed by atoms with Crippen LogP contribution in [0.25, 0.3) is 0 Å². The van der Waals surface area contributed by atoms with Gasteiger partial charge in [-0.25, -0.2) is 0 Å². The minimum atomic E-state index is -0.613. The average molecular weight is 389 g/mol. The van der Waals surface area contributed by atoms with Gasteiger partial charge in [0.25, 0.3) is 0 Å². The van der Waals surface area contributed by atoms with E-state index in [-0.39, 0.29) is 35.2 Å². The summed E-state index contributed by atoms with van der Waals surface area (Å²) >= 11 is 0. The number of carbonyl (C=O) groups is 3. The summed E-state index contributed by atoms with van der Waals surface area (Å²) in [5.41, 5.74) is 0.410. The van der Waals surface area contributed by atoms with Crippen molar-refractivity contribution in [3.63, 3.8) is 0 Å². The van der Waals surface area contributed by atoms with E-state index in [1.165, 1.54) is 13.8 Å². The molecule has 0 aromatic rings. The molecule has 0 aromatic heterocycles. The number of rotatable bonds is 2. The van der Waals surface area contributed by atoms with Crippen LogP contribution in [-0.2, 0) is 23.9 Å². The Morgan fingerprint density at radius 2 is 1.82 bits per heavy atom. The SMILES string of the molecule is CC(=O)OC1CC[C@H]2[C@@H]3C(C)CC4=CC(=O)CC[C@]4(OC(C)=O)[C@H]3CC[C@]12C. The second-order valence-electron chi connectivity index (χ2n) is 9.81. The van der Waals surface area contributed by atoms with Gasteiger partial charge in [-0.05, 0) is 67.9 Å². The average Bonchev–Trinajstić information content (AvgIpc) is 2.91. The molecule has 0 saturated heterocycles. The quantitative estimate of drug-likeness (QED) is 0.669. The van der Waals surface area contributed by atoms with Crippen LogP contribution in [0, 0.1) is 29.1 Å². The molecule has 28 heavy (non-hydrogen) atoms. The van der Waals surface area contributed by atoms with Gasteiger partial charge in [0.05, 0.1) is 0 Å². The third-order valence-corrected chi connectivity index (χ3v) is 8.30. The topological polar surface area (TPSA) is 69.7 Å². The third kappa shape index (κ3) is 2.84. The van der Waals surface area contributed by atoms with Gasteiger partial charge >= 0.3 is 11.9 Å². The third-order valence-electron chi connectivity index (χ3n) is 8.30. The zero-order chi connectivity index (χ0) is 20.3. The number of ether oxygens (including phenoxy) is 2. The molecular weight excluding hydrogens is 356 g/mol. The predicted octanol–water partition coefficient (Wildman–Crippen LogP) is 3.99. The number of esters is 2. The van der Waals surface area contributed by atoms with E-state index in [0.717, 1.165) is 37.7 Å². The molecule has 0 bridgehead atoms. The first-order chi connectivity index (χ1) is 13.2. The predicted molar refractivity (Wildman–Crippen MR) is 103 cm³/mol. The Hall–Kier alpha value is -1.65. The van der Waals surface area contributed by atoms with Gasteiger partial charge in [0.15, 0.2) is 5.78 Å². The summed E-state index contributed by atoms with van der Waals surface area (Å²) in [5.74, 6) is 1.24. The molecule has 5 heteroatoms. The highest BCUT2D eigenvalue weighted by Crippen LogP contribution is 2.65. The molecule has 2 unspecified atom stereocenters. The van der Waals surface area contributed by atoms with Crippen molar-refractivity contribution in [2.24, 2.45) is 29.1 Å². The van der Waals surface area contributed by atoms with Crippen LogP contribution in [0.2, 0.25) is 0 Å². The summed E-state index contributed by atoms with van der Waals surface area (Å²) in [6, 6.07) is 0. The largest absolute Gasteiger partial charge is 0.462 e. The van der Waals surface area contributed by atoms with Gasteiger partial charge in [-0.3, -0.25) is 14.4 Å². The molecule has 0 spiro atoms. The molecule has 154 valence electrons. The summed E-state index contributed by atoms with van der Waals surface area (Å²) in [4.78, 5) is 35.8. The highest BCUT2D eigenvalue weighted by atomic mass is 16.6. The van der Waals surface area contributed by atoms with Gasteiger partial charge in [0.1, 0.15) is 11.7 Å². The number of hydrogen-bond donors (Lipinski definition) is 0. The van der Waals surface area contributed by atoms with Crippen LogP contribution in [0.3, 0.4) is 0 Å². The minimum absolute atomic E-state index is 0.00971. The maximum atomic E-state index is 12.1. The van der Waals surface area contributed by atoms with Crippen LogP contribution >= 0.6 is 0 Å². The second kappa shape index (κ2) is 6.70. The lowest BCUT2D eigenvalue weighted by atomic mass is 9.48. The van der Waals surface area contributed by atoms with Crippen LogP contribution in [0.1, 0.15) is 72.6 Å². The maximum absolute atomic E-state index is 12.1. The fourth-order valence-corrected chi connectivity index (χ4v) is 7.32. The van der Waals surface area contributed by atoms with E-state index in [4.69, 9.17) is 9.47 Å². The van der Waals surface area contributed by atoms with E-state index in [1.54, 1.807) is 6.08 Å². The standard InChI is InChI=1S/C23H32O5/c1-13-11-16-12-17(26)7-10-23(16,28-15(3)25)19-8-9-22(4)18(21(13)19)5-6-20(22)27-14(2)24/h12-13,18-21H,5-11H2,1-4H3/t13?,18-,19-,20?,21-,22-,23+/m0/s1. The molecule has 0 aliphatic heterocycles. The Morgan fingerprint density at radius 3 is 2.50 bits per heavy atom. The van der Waals surface area contributed by atoms with Crippen molar-refractivity contribution in [3.05, 3.63) is 11.6 Å². The molecule has 0 aromatic carbocycles. The van der Waals surface area contributed by atoms with Crippen molar-refractivity contribution in [2.75, 3.05) is 0 Å². The Bertz CT molecular complexity index is 739. The zero-order valence-corrected chi connectivity index (χ0v) is 17.5. The van der Waals surface area contributed by atoms with Gasteiger partial charge in [-0.2, -0.15) is 0 Å². The normalized spacial score (nSPS) is 44.6. The molecule has 3 fully saturated rings. The first kappa shape index (κ1) is 19.7. The van der Waals surface area contributed by atoms with Crippen LogP contribution < -0.4 is 0 Å². The Kier molecular flexibility index (Phi) is 4.71. The number of hydrogen-bond acceptors (Lipinski definition) is 5. The minimum Gasteiger partial charge on any atom is -0.462 e. The highest BCUT2D eigenvalue weighted by Gasteiger charge is 2.63. The maximum Gasteiger partial charge on any atom is 0.303 e. The Balaban J connectivity index is 1.72. The molecule has 5 nitrogen and oxygen atoms in total. The van der Waals surface area contributed by atoms with Gasteiger partial charge in [-0.15, -0.1) is 0 Å². The molecule has 0 N–H and O–H groups in total. The van der Waals surface area contributed by atoms with Gasteiger partial charge in [0, 0.05) is 31.6 Å². The van der Waals surface area contributed by atoms with Crippen molar-refractivity contribution < 1.29 is 23.9 Å². The number of ketones is 1. The molecule has 4 aliphatic rings. The molecule has 3 saturated carbocycles. The fraction of sp³-hybridized carbons (Fsp3) is 0.783. The van der Waals surface area contributed by atoms with E-state index < -0.39 is 5.60 Å². The van der Waals surface area contributed by atoms with Gasteiger partial charge in [0.2, 0.25) is 0 Å². The lowest BCUT2D eigenvalue weighted by Gasteiger charge is -2.59. The van der Waals surface area contributed by atoms with Crippen molar-refractivity contribution in [3.8, 4) is 0 Å². The lowest BCUT2D eigenvalue weighted by Crippen LogP contribution is -2.59. The van der Waals surface area contributed by atoms with E-state index in [0.29, 0.717) is 30.6 Å². The van der Waals surface area contributed by atoms with Gasteiger partial charge in [-0.1, -0.05) is 13.8 Å². The molecule has 4 rings (SSSR count). The highest BCUT2D eigenvalue weighted by molar-refractivity contribution is 5.92. The van der Waals surface area contributed by atoms with Crippen LogP contribution in [0.15, 0.2) is 11.6 Å². The molecule has 0 amide bonds. The van der Waals surface area contributed by atoms with Crippen LogP contribution in [0.5, 0.6) is 0 Å². The molecule has 4 aliphatic carbocycles. The zero-order valence-electron chi connectivity index (χ0n) is 17.5. The van der Waals surface area contributed by atoms with E-state index >= 15 is 0 Å². The summed E-state index contributed by atoms with van der Waals surface area (Å²) in [6.07, 6.45) is 7.50. The van der Waals surface area contributed by atoms with E-state index in [1.807, 2.05) is 0 Å². The first-order valence-corrected chi connectivity index (χ1v) is 10.8. The molecule has 7 atom stereocenters. The summed E-state index contributed by atoms with van der Waals surface area (Å²) in [6.45, 7) is 7.54. The smallest absolute Gasteiger partial charge is 0.303 e. The van der Waals surface area contributed by atoms with Crippen LogP contribution in [-0.4, -0.2) is 29.4 Å². The van der Waals surface area contributed by atoms with Crippen molar-refractivity contribution >= 4 is 17.7 Å². The second-order valence-corrected chi connectivity index (χ2v) is 9.81. The Labute approximate surface area is 167 Å². The molecule has 0 heterocycles. The number of carbonyl (C=O) groups excluding carboxylic acids is 3. The summed E-state index contributed by atoms with van der Waals surface area (Å²) < 4.78 is 11.8. The molecule has 0 radical (unpaired) electrons. The fourth-order valence-electron chi connectivity index (χ4n) is 7.32. The van der Waals surface area contributed by atoms with Crippen molar-refractivity contribution in [2.45, 2.75) is 84.3 Å². The van der Waals surface area contributed by atoms with E-state index in [9.17, 15) is 14.4 Å². The van der Waals surface area contributed by atoms with Gasteiger partial charge < -0.3 is 9.47 Å².